The number of hydrogen-bond acceptors (Lipinski definition) is 5. The van der Waals surface area contributed by atoms with E-state index < -0.39 is 0 Å². The van der Waals surface area contributed by atoms with Crippen molar-refractivity contribution in [1.29, 1.82) is 0 Å². The third-order valence-corrected chi connectivity index (χ3v) is 3.35. The predicted octanol–water partition coefficient (Wildman–Crippen LogP) is 1.75. The SMILES string of the molecule is COc1cc(Cc2sc(=O)[nH]c2O)cc(OC)c1. The quantitative estimate of drug-likeness (QED) is 0.885. The van der Waals surface area contributed by atoms with E-state index in [1.54, 1.807) is 20.3 Å². The van der Waals surface area contributed by atoms with Crippen molar-refractivity contribution in [2.45, 2.75) is 6.42 Å². The smallest absolute Gasteiger partial charge is 0.307 e. The lowest BCUT2D eigenvalue weighted by Crippen LogP contribution is -1.92. The molecule has 2 rings (SSSR count). The van der Waals surface area contributed by atoms with Gasteiger partial charge in [-0.3, -0.25) is 9.78 Å². The van der Waals surface area contributed by atoms with Crippen LogP contribution in [0.2, 0.25) is 0 Å². The Hall–Kier alpha value is -1.95. The molecule has 1 aromatic carbocycles. The summed E-state index contributed by atoms with van der Waals surface area (Å²) < 4.78 is 10.3. The minimum absolute atomic E-state index is 0.0770. The predicted molar refractivity (Wildman–Crippen MR) is 69.0 cm³/mol. The first-order valence-corrected chi connectivity index (χ1v) is 6.07. The molecule has 0 saturated heterocycles. The average molecular weight is 267 g/mol. The third kappa shape index (κ3) is 2.65. The summed E-state index contributed by atoms with van der Waals surface area (Å²) in [6.07, 6.45) is 0.447. The highest BCUT2D eigenvalue weighted by atomic mass is 32.1. The molecule has 5 nitrogen and oxygen atoms in total. The van der Waals surface area contributed by atoms with Crippen molar-refractivity contribution >= 4 is 11.3 Å². The van der Waals surface area contributed by atoms with Crippen LogP contribution in [0.5, 0.6) is 17.4 Å². The van der Waals surface area contributed by atoms with Crippen LogP contribution in [-0.2, 0) is 6.42 Å². The summed E-state index contributed by atoms with van der Waals surface area (Å²) >= 11 is 0.993. The standard InChI is InChI=1S/C12H13NO4S/c1-16-8-3-7(4-9(6-8)17-2)5-10-11(14)13-12(15)18-10/h3-4,6,14H,5H2,1-2H3,(H,13,15). The molecule has 0 aliphatic heterocycles. The van der Waals surface area contributed by atoms with E-state index in [9.17, 15) is 9.90 Å². The van der Waals surface area contributed by atoms with Gasteiger partial charge < -0.3 is 14.6 Å². The van der Waals surface area contributed by atoms with E-state index in [2.05, 4.69) is 4.98 Å². The van der Waals surface area contributed by atoms with Crippen LogP contribution in [-0.4, -0.2) is 24.3 Å². The van der Waals surface area contributed by atoms with Gasteiger partial charge in [-0.2, -0.15) is 0 Å². The van der Waals surface area contributed by atoms with E-state index >= 15 is 0 Å². The molecule has 0 fully saturated rings. The first-order chi connectivity index (χ1) is 8.62. The third-order valence-electron chi connectivity index (χ3n) is 2.48. The molecule has 0 atom stereocenters. The molecule has 2 aromatic rings. The second-order valence-electron chi connectivity index (χ2n) is 3.68. The van der Waals surface area contributed by atoms with Crippen LogP contribution in [0.1, 0.15) is 10.4 Å². The van der Waals surface area contributed by atoms with Gasteiger partial charge in [0, 0.05) is 12.5 Å². The van der Waals surface area contributed by atoms with Crippen LogP contribution < -0.4 is 14.3 Å². The Morgan fingerprint density at radius 2 is 1.83 bits per heavy atom. The number of aromatic nitrogens is 1. The van der Waals surface area contributed by atoms with Gasteiger partial charge in [0.25, 0.3) is 0 Å². The summed E-state index contributed by atoms with van der Waals surface area (Å²) in [4.78, 5) is 13.8. The number of ether oxygens (including phenoxy) is 2. The van der Waals surface area contributed by atoms with Gasteiger partial charge in [-0.05, 0) is 17.7 Å². The number of hydrogen-bond donors (Lipinski definition) is 2. The topological polar surface area (TPSA) is 71.6 Å². The second-order valence-corrected chi connectivity index (χ2v) is 4.75. The molecule has 0 saturated carbocycles. The number of thiazole rings is 1. The Balaban J connectivity index is 2.33. The normalized spacial score (nSPS) is 10.3. The van der Waals surface area contributed by atoms with Gasteiger partial charge in [0.05, 0.1) is 19.1 Å². The van der Waals surface area contributed by atoms with E-state index in [0.29, 0.717) is 22.8 Å². The number of methoxy groups -OCH3 is 2. The van der Waals surface area contributed by atoms with E-state index in [-0.39, 0.29) is 10.8 Å². The van der Waals surface area contributed by atoms with Crippen LogP contribution in [0.15, 0.2) is 23.0 Å². The Kier molecular flexibility index (Phi) is 3.57. The summed E-state index contributed by atoms with van der Waals surface area (Å²) in [7, 11) is 3.15. The monoisotopic (exact) mass is 267 g/mol. The second kappa shape index (κ2) is 5.14. The summed E-state index contributed by atoms with van der Waals surface area (Å²) in [5.74, 6) is 1.27. The molecule has 6 heteroatoms. The molecule has 0 amide bonds. The van der Waals surface area contributed by atoms with Crippen LogP contribution in [0.4, 0.5) is 0 Å². The summed E-state index contributed by atoms with van der Waals surface area (Å²) in [6, 6.07) is 5.45. The van der Waals surface area contributed by atoms with Crippen molar-refractivity contribution in [3.8, 4) is 17.4 Å². The molecular weight excluding hydrogens is 254 g/mol. The maximum atomic E-state index is 11.1. The number of nitrogens with one attached hydrogen (secondary N) is 1. The van der Waals surface area contributed by atoms with E-state index in [4.69, 9.17) is 9.47 Å². The summed E-state index contributed by atoms with van der Waals surface area (Å²) in [5.41, 5.74) is 0.900. The average Bonchev–Trinajstić information content (AvgIpc) is 2.67. The molecule has 96 valence electrons. The Morgan fingerprint density at radius 1 is 1.22 bits per heavy atom. The first-order valence-electron chi connectivity index (χ1n) is 5.25. The molecule has 0 aliphatic carbocycles. The van der Waals surface area contributed by atoms with Crippen molar-refractivity contribution in [2.75, 3.05) is 14.2 Å². The van der Waals surface area contributed by atoms with Gasteiger partial charge in [-0.25, -0.2) is 0 Å². The lowest BCUT2D eigenvalue weighted by atomic mass is 10.1. The first kappa shape index (κ1) is 12.5. The van der Waals surface area contributed by atoms with Gasteiger partial charge in [0.2, 0.25) is 5.88 Å². The van der Waals surface area contributed by atoms with Gasteiger partial charge in [-0.15, -0.1) is 0 Å². The van der Waals surface area contributed by atoms with Crippen molar-refractivity contribution in [3.05, 3.63) is 38.3 Å². The molecule has 1 aromatic heterocycles. The van der Waals surface area contributed by atoms with Crippen LogP contribution >= 0.6 is 11.3 Å². The number of aromatic hydroxyl groups is 1. The fourth-order valence-corrected chi connectivity index (χ4v) is 2.38. The number of aromatic amines is 1. The lowest BCUT2D eigenvalue weighted by Gasteiger charge is -2.07. The molecule has 2 N–H and O–H groups in total. The highest BCUT2D eigenvalue weighted by Crippen LogP contribution is 2.26. The van der Waals surface area contributed by atoms with Crippen molar-refractivity contribution in [1.82, 2.24) is 4.98 Å². The van der Waals surface area contributed by atoms with Crippen molar-refractivity contribution in [3.63, 3.8) is 0 Å². The van der Waals surface area contributed by atoms with Gasteiger partial charge in [0.1, 0.15) is 11.5 Å². The molecule has 0 aliphatic rings. The summed E-state index contributed by atoms with van der Waals surface area (Å²) in [6.45, 7) is 0. The van der Waals surface area contributed by atoms with Gasteiger partial charge in [-0.1, -0.05) is 11.3 Å². The zero-order chi connectivity index (χ0) is 13.1. The van der Waals surface area contributed by atoms with E-state index in [1.165, 1.54) is 0 Å². The van der Waals surface area contributed by atoms with Crippen molar-refractivity contribution < 1.29 is 14.6 Å². The highest BCUT2D eigenvalue weighted by molar-refractivity contribution is 7.09. The van der Waals surface area contributed by atoms with E-state index in [0.717, 1.165) is 16.9 Å². The molecule has 0 spiro atoms. The fraction of sp³-hybridized carbons (Fsp3) is 0.250. The molecule has 0 radical (unpaired) electrons. The Morgan fingerprint density at radius 3 is 2.28 bits per heavy atom. The largest absolute Gasteiger partial charge is 0.497 e. The minimum Gasteiger partial charge on any atom is -0.497 e. The Bertz CT molecular complexity index is 580. The lowest BCUT2D eigenvalue weighted by molar-refractivity contribution is 0.393. The zero-order valence-electron chi connectivity index (χ0n) is 10.0. The Labute approximate surface area is 108 Å². The maximum absolute atomic E-state index is 11.1. The number of benzene rings is 1. The summed E-state index contributed by atoms with van der Waals surface area (Å²) in [5, 5.41) is 9.54. The molecular formula is C12H13NO4S. The van der Waals surface area contributed by atoms with Crippen LogP contribution in [0, 0.1) is 0 Å². The molecule has 18 heavy (non-hydrogen) atoms. The highest BCUT2D eigenvalue weighted by Gasteiger charge is 2.09. The van der Waals surface area contributed by atoms with E-state index in [1.807, 2.05) is 12.1 Å². The van der Waals surface area contributed by atoms with Gasteiger partial charge in [0.15, 0.2) is 0 Å². The minimum atomic E-state index is -0.266. The molecule has 1 heterocycles. The van der Waals surface area contributed by atoms with Crippen molar-refractivity contribution in [2.24, 2.45) is 0 Å². The van der Waals surface area contributed by atoms with Crippen LogP contribution in [0.25, 0.3) is 0 Å². The zero-order valence-corrected chi connectivity index (χ0v) is 10.8. The fourth-order valence-electron chi connectivity index (χ4n) is 1.63. The van der Waals surface area contributed by atoms with Crippen LogP contribution in [0.3, 0.4) is 0 Å². The molecule has 0 bridgehead atoms. The number of H-pyrrole nitrogens is 1. The number of rotatable bonds is 4. The maximum Gasteiger partial charge on any atom is 0.307 e. The van der Waals surface area contributed by atoms with Gasteiger partial charge >= 0.3 is 4.87 Å². The molecule has 0 unspecified atom stereocenters.